The predicted octanol–water partition coefficient (Wildman–Crippen LogP) is 3.25. The quantitative estimate of drug-likeness (QED) is 0.709. The van der Waals surface area contributed by atoms with E-state index in [9.17, 15) is 4.79 Å². The summed E-state index contributed by atoms with van der Waals surface area (Å²) in [5.74, 6) is 0.293. The van der Waals surface area contributed by atoms with Crippen molar-refractivity contribution in [3.05, 3.63) is 72.3 Å². The molecule has 0 saturated carbocycles. The second kappa shape index (κ2) is 7.55. The van der Waals surface area contributed by atoms with Crippen molar-refractivity contribution in [2.45, 2.75) is 5.92 Å². The van der Waals surface area contributed by atoms with Crippen molar-refractivity contribution in [2.75, 3.05) is 18.5 Å². The Morgan fingerprint density at radius 2 is 2.04 bits per heavy atom. The Labute approximate surface area is 157 Å². The number of benzene rings is 1. The van der Waals surface area contributed by atoms with E-state index >= 15 is 0 Å². The molecule has 27 heavy (non-hydrogen) atoms. The van der Waals surface area contributed by atoms with E-state index in [-0.39, 0.29) is 5.91 Å². The molecule has 0 unspecified atom stereocenters. The van der Waals surface area contributed by atoms with Gasteiger partial charge in [0, 0.05) is 54.4 Å². The molecule has 3 aromatic rings. The minimum atomic E-state index is -0.185. The first-order valence-corrected chi connectivity index (χ1v) is 8.79. The summed E-state index contributed by atoms with van der Waals surface area (Å²) >= 11 is 0. The third kappa shape index (κ3) is 3.96. The van der Waals surface area contributed by atoms with Crippen LogP contribution >= 0.6 is 0 Å². The third-order valence-electron chi connectivity index (χ3n) is 4.57. The highest BCUT2D eigenvalue weighted by Crippen LogP contribution is 2.25. The maximum Gasteiger partial charge on any atom is 0.248 e. The van der Waals surface area contributed by atoms with Gasteiger partial charge in [-0.15, -0.1) is 0 Å². The van der Waals surface area contributed by atoms with E-state index in [1.54, 1.807) is 29.3 Å². The van der Waals surface area contributed by atoms with Gasteiger partial charge in [0.2, 0.25) is 5.91 Å². The normalized spacial score (nSPS) is 14.3. The number of aryl methyl sites for hydroxylation is 1. The van der Waals surface area contributed by atoms with E-state index < -0.39 is 0 Å². The number of hydrogen-bond donors (Lipinski definition) is 1. The highest BCUT2D eigenvalue weighted by molar-refractivity contribution is 6.02. The minimum Gasteiger partial charge on any atom is -0.380 e. The smallest absolute Gasteiger partial charge is 0.248 e. The average molecular weight is 360 g/mol. The molecule has 2 aromatic heterocycles. The van der Waals surface area contributed by atoms with Gasteiger partial charge in [-0.2, -0.15) is 5.10 Å². The summed E-state index contributed by atoms with van der Waals surface area (Å²) in [6.07, 6.45) is 10.5. The molecule has 1 aromatic carbocycles. The van der Waals surface area contributed by atoms with E-state index in [1.807, 2.05) is 43.6 Å². The molecule has 0 spiro atoms. The third-order valence-corrected chi connectivity index (χ3v) is 4.57. The van der Waals surface area contributed by atoms with Gasteiger partial charge in [0.25, 0.3) is 0 Å². The number of carbonyl (C=O) groups is 1. The summed E-state index contributed by atoms with van der Waals surface area (Å²) in [6.45, 7) is 1.55. The van der Waals surface area contributed by atoms with Gasteiger partial charge in [-0.05, 0) is 35.4 Å². The molecule has 1 saturated heterocycles. The van der Waals surface area contributed by atoms with Gasteiger partial charge in [0.15, 0.2) is 0 Å². The van der Waals surface area contributed by atoms with E-state index in [1.165, 1.54) is 11.6 Å². The number of amides is 1. The molecule has 1 amide bonds. The van der Waals surface area contributed by atoms with Crippen LogP contribution in [-0.2, 0) is 16.6 Å². The van der Waals surface area contributed by atoms with E-state index in [0.29, 0.717) is 5.92 Å². The zero-order chi connectivity index (χ0) is 18.6. The Kier molecular flexibility index (Phi) is 4.80. The number of nitrogens with zero attached hydrogens (tertiary/aromatic N) is 3. The van der Waals surface area contributed by atoms with Crippen LogP contribution in [0.2, 0.25) is 0 Å². The van der Waals surface area contributed by atoms with Crippen LogP contribution in [0.5, 0.6) is 0 Å². The highest BCUT2D eigenvalue weighted by atomic mass is 16.5. The molecule has 3 heterocycles. The standard InChI is InChI=1S/C21H20N4O2/c1-25-12-17(11-23-25)20-8-9-22-10-16(20)4-7-21(26)24-19-5-2-15(3-6-19)18-13-27-14-18/h2-12,18H,13-14H2,1H3,(H,24,26)/b7-4+. The largest absolute Gasteiger partial charge is 0.380 e. The summed E-state index contributed by atoms with van der Waals surface area (Å²) in [5.41, 5.74) is 4.84. The van der Waals surface area contributed by atoms with E-state index in [2.05, 4.69) is 15.4 Å². The SMILES string of the molecule is Cn1cc(-c2ccncc2/C=C/C(=O)Nc2ccc(C3COC3)cc2)cn1. The Morgan fingerprint density at radius 3 is 2.70 bits per heavy atom. The number of ether oxygens (including phenoxy) is 1. The van der Waals surface area contributed by atoms with Crippen LogP contribution in [-0.4, -0.2) is 33.9 Å². The lowest BCUT2D eigenvalue weighted by atomic mass is 9.97. The molecule has 136 valence electrons. The molecule has 0 radical (unpaired) electrons. The van der Waals surface area contributed by atoms with Crippen LogP contribution in [0.1, 0.15) is 17.0 Å². The fourth-order valence-corrected chi connectivity index (χ4v) is 2.98. The molecule has 4 rings (SSSR count). The Morgan fingerprint density at radius 1 is 1.22 bits per heavy atom. The van der Waals surface area contributed by atoms with Crippen molar-refractivity contribution in [1.82, 2.24) is 14.8 Å². The van der Waals surface area contributed by atoms with Gasteiger partial charge in [0.1, 0.15) is 0 Å². The molecular formula is C21H20N4O2. The second-order valence-corrected chi connectivity index (χ2v) is 6.54. The fraction of sp³-hybridized carbons (Fsp3) is 0.190. The Bertz CT molecular complexity index is 972. The number of pyridine rings is 1. The molecule has 6 heteroatoms. The summed E-state index contributed by atoms with van der Waals surface area (Å²) in [4.78, 5) is 16.4. The zero-order valence-corrected chi connectivity index (χ0v) is 15.0. The Hall–Kier alpha value is -3.25. The monoisotopic (exact) mass is 360 g/mol. The van der Waals surface area contributed by atoms with E-state index in [0.717, 1.165) is 35.6 Å². The minimum absolute atomic E-state index is 0.185. The Balaban J connectivity index is 1.44. The maximum atomic E-state index is 12.3. The molecule has 0 bridgehead atoms. The van der Waals surface area contributed by atoms with Crippen molar-refractivity contribution in [2.24, 2.45) is 7.05 Å². The molecule has 0 aliphatic carbocycles. The van der Waals surface area contributed by atoms with Crippen molar-refractivity contribution < 1.29 is 9.53 Å². The first-order valence-electron chi connectivity index (χ1n) is 8.79. The first kappa shape index (κ1) is 17.2. The molecule has 1 N–H and O–H groups in total. The number of carbonyl (C=O) groups excluding carboxylic acids is 1. The number of hydrogen-bond acceptors (Lipinski definition) is 4. The lowest BCUT2D eigenvalue weighted by molar-refractivity contribution is -0.111. The number of rotatable bonds is 5. The summed E-state index contributed by atoms with van der Waals surface area (Å²) < 4.78 is 6.96. The van der Waals surface area contributed by atoms with Gasteiger partial charge in [-0.3, -0.25) is 14.5 Å². The summed E-state index contributed by atoms with van der Waals surface area (Å²) in [6, 6.07) is 9.83. The van der Waals surface area contributed by atoms with Gasteiger partial charge >= 0.3 is 0 Å². The van der Waals surface area contributed by atoms with E-state index in [4.69, 9.17) is 4.74 Å². The van der Waals surface area contributed by atoms with Crippen LogP contribution < -0.4 is 5.32 Å². The van der Waals surface area contributed by atoms with Crippen LogP contribution in [0.4, 0.5) is 5.69 Å². The predicted molar refractivity (Wildman–Crippen MR) is 104 cm³/mol. The number of anilines is 1. The molecular weight excluding hydrogens is 340 g/mol. The van der Waals surface area contributed by atoms with Gasteiger partial charge in [-0.1, -0.05) is 12.1 Å². The lowest BCUT2D eigenvalue weighted by Gasteiger charge is -2.26. The summed E-state index contributed by atoms with van der Waals surface area (Å²) in [5, 5.41) is 7.08. The highest BCUT2D eigenvalue weighted by Gasteiger charge is 2.19. The van der Waals surface area contributed by atoms with Crippen molar-refractivity contribution in [3.63, 3.8) is 0 Å². The fourth-order valence-electron chi connectivity index (χ4n) is 2.98. The van der Waals surface area contributed by atoms with Crippen molar-refractivity contribution in [3.8, 4) is 11.1 Å². The maximum absolute atomic E-state index is 12.3. The van der Waals surface area contributed by atoms with Crippen LogP contribution in [0, 0.1) is 0 Å². The van der Waals surface area contributed by atoms with Crippen LogP contribution in [0.15, 0.2) is 61.2 Å². The number of nitrogens with one attached hydrogen (secondary N) is 1. The zero-order valence-electron chi connectivity index (χ0n) is 15.0. The second-order valence-electron chi connectivity index (χ2n) is 6.54. The molecule has 0 atom stereocenters. The van der Waals surface area contributed by atoms with Crippen molar-refractivity contribution >= 4 is 17.7 Å². The topological polar surface area (TPSA) is 69.0 Å². The summed E-state index contributed by atoms with van der Waals surface area (Å²) in [7, 11) is 1.87. The molecule has 1 aliphatic rings. The van der Waals surface area contributed by atoms with Gasteiger partial charge in [0.05, 0.1) is 19.4 Å². The molecule has 1 aliphatic heterocycles. The lowest BCUT2D eigenvalue weighted by Crippen LogP contribution is -2.24. The van der Waals surface area contributed by atoms with Gasteiger partial charge < -0.3 is 10.1 Å². The first-order chi connectivity index (χ1) is 13.2. The van der Waals surface area contributed by atoms with Crippen molar-refractivity contribution in [1.29, 1.82) is 0 Å². The van der Waals surface area contributed by atoms with Crippen LogP contribution in [0.3, 0.4) is 0 Å². The van der Waals surface area contributed by atoms with Crippen LogP contribution in [0.25, 0.3) is 17.2 Å². The average Bonchev–Trinajstić information content (AvgIpc) is 3.07. The number of aromatic nitrogens is 3. The molecule has 1 fully saturated rings. The molecule has 6 nitrogen and oxygen atoms in total. The van der Waals surface area contributed by atoms with Gasteiger partial charge in [-0.25, -0.2) is 0 Å².